The number of halogens is 1. The van der Waals surface area contributed by atoms with Crippen LogP contribution in [0.15, 0.2) is 12.3 Å². The molecule has 0 aliphatic carbocycles. The zero-order chi connectivity index (χ0) is 15.7. The Labute approximate surface area is 124 Å². The highest BCUT2D eigenvalue weighted by Gasteiger charge is 2.40. The van der Waals surface area contributed by atoms with Gasteiger partial charge < -0.3 is 10.0 Å². The van der Waals surface area contributed by atoms with Crippen LogP contribution >= 0.6 is 11.6 Å². The number of hydrogen-bond acceptors (Lipinski definition) is 5. The summed E-state index contributed by atoms with van der Waals surface area (Å²) >= 11 is 5.69. The molecule has 112 valence electrons. The smallest absolute Gasteiger partial charge is 0.308 e. The third-order valence-electron chi connectivity index (χ3n) is 3.61. The molecule has 1 aromatic rings. The predicted molar refractivity (Wildman–Crippen MR) is 72.1 cm³/mol. The molecule has 1 fully saturated rings. The summed E-state index contributed by atoms with van der Waals surface area (Å²) in [6, 6.07) is 0.588. The third kappa shape index (κ3) is 2.80. The van der Waals surface area contributed by atoms with E-state index >= 15 is 0 Å². The van der Waals surface area contributed by atoms with E-state index in [1.54, 1.807) is 6.92 Å². The average molecular weight is 314 g/mol. The molecule has 9 heteroatoms. The number of amides is 1. The Hall–Kier alpha value is -2.22. The monoisotopic (exact) mass is 313 g/mol. The molecule has 1 aliphatic heterocycles. The fourth-order valence-electron chi connectivity index (χ4n) is 2.45. The second kappa shape index (κ2) is 5.65. The fourth-order valence-corrected chi connectivity index (χ4v) is 2.61. The van der Waals surface area contributed by atoms with Crippen LogP contribution < -0.4 is 0 Å². The average Bonchev–Trinajstić information content (AvgIpc) is 2.79. The van der Waals surface area contributed by atoms with Gasteiger partial charge in [0.2, 0.25) is 0 Å². The normalized spacial score (nSPS) is 21.3. The maximum atomic E-state index is 12.4. The first-order chi connectivity index (χ1) is 9.82. The Bertz CT molecular complexity index is 621. The van der Waals surface area contributed by atoms with Gasteiger partial charge in [-0.05, 0) is 19.4 Å². The molecule has 2 unspecified atom stereocenters. The van der Waals surface area contributed by atoms with E-state index in [1.807, 2.05) is 0 Å². The number of pyridine rings is 1. The van der Waals surface area contributed by atoms with E-state index in [4.69, 9.17) is 16.7 Å². The molecule has 0 bridgehead atoms. The molecule has 0 spiro atoms. The number of aliphatic carboxylic acids is 1. The van der Waals surface area contributed by atoms with Gasteiger partial charge in [0.05, 0.1) is 10.8 Å². The molecule has 0 radical (unpaired) electrons. The van der Waals surface area contributed by atoms with Crippen molar-refractivity contribution in [3.05, 3.63) is 33.1 Å². The van der Waals surface area contributed by atoms with Gasteiger partial charge in [0.1, 0.15) is 16.9 Å². The van der Waals surface area contributed by atoms with Crippen LogP contribution in [0.5, 0.6) is 0 Å². The third-order valence-corrected chi connectivity index (χ3v) is 3.82. The van der Waals surface area contributed by atoms with Gasteiger partial charge in [0.15, 0.2) is 0 Å². The van der Waals surface area contributed by atoms with Gasteiger partial charge in [0.25, 0.3) is 11.6 Å². The fraction of sp³-hybridized carbons (Fsp3) is 0.417. The van der Waals surface area contributed by atoms with Gasteiger partial charge in [0, 0.05) is 12.6 Å². The van der Waals surface area contributed by atoms with Gasteiger partial charge in [-0.1, -0.05) is 11.6 Å². The number of nitro groups is 1. The summed E-state index contributed by atoms with van der Waals surface area (Å²) < 4.78 is 0. The summed E-state index contributed by atoms with van der Waals surface area (Å²) in [5.41, 5.74) is -0.631. The minimum atomic E-state index is -0.986. The zero-order valence-corrected chi connectivity index (χ0v) is 11.8. The zero-order valence-electron chi connectivity index (χ0n) is 11.0. The van der Waals surface area contributed by atoms with E-state index in [1.165, 1.54) is 4.90 Å². The molecule has 0 saturated carbocycles. The highest BCUT2D eigenvalue weighted by atomic mass is 35.5. The Balaban J connectivity index is 2.35. The minimum absolute atomic E-state index is 0.0365. The number of carboxylic acids is 1. The molecule has 2 heterocycles. The van der Waals surface area contributed by atoms with Crippen LogP contribution in [0.25, 0.3) is 0 Å². The largest absolute Gasteiger partial charge is 0.481 e. The first-order valence-corrected chi connectivity index (χ1v) is 6.54. The van der Waals surface area contributed by atoms with Crippen molar-refractivity contribution in [3.63, 3.8) is 0 Å². The maximum absolute atomic E-state index is 12.4. The van der Waals surface area contributed by atoms with E-state index in [0.717, 1.165) is 12.3 Å². The lowest BCUT2D eigenvalue weighted by molar-refractivity contribution is -0.385. The van der Waals surface area contributed by atoms with Crippen LogP contribution in [0.4, 0.5) is 5.69 Å². The number of likely N-dealkylation sites (tertiary alicyclic amines) is 1. The summed E-state index contributed by atoms with van der Waals surface area (Å²) in [6.07, 6.45) is 1.24. The molecular weight excluding hydrogens is 302 g/mol. The molecular formula is C12H12ClN3O5. The van der Waals surface area contributed by atoms with E-state index in [9.17, 15) is 19.7 Å². The lowest BCUT2D eigenvalue weighted by Gasteiger charge is -2.23. The summed E-state index contributed by atoms with van der Waals surface area (Å²) in [5, 5.41) is 20.0. The van der Waals surface area contributed by atoms with E-state index < -0.39 is 34.4 Å². The Morgan fingerprint density at radius 2 is 2.24 bits per heavy atom. The van der Waals surface area contributed by atoms with Crippen molar-refractivity contribution in [3.8, 4) is 0 Å². The highest BCUT2D eigenvalue weighted by Crippen LogP contribution is 2.29. The Morgan fingerprint density at radius 3 is 2.76 bits per heavy atom. The first-order valence-electron chi connectivity index (χ1n) is 6.16. The van der Waals surface area contributed by atoms with Crippen molar-refractivity contribution in [2.45, 2.75) is 19.4 Å². The number of rotatable bonds is 3. The van der Waals surface area contributed by atoms with Crippen molar-refractivity contribution >= 4 is 29.2 Å². The maximum Gasteiger partial charge on any atom is 0.308 e. The van der Waals surface area contributed by atoms with Crippen LogP contribution in [0.2, 0.25) is 5.15 Å². The molecule has 1 N–H and O–H groups in total. The molecule has 8 nitrogen and oxygen atoms in total. The number of carbonyl (C=O) groups excluding carboxylic acids is 1. The van der Waals surface area contributed by atoms with E-state index in [-0.39, 0.29) is 17.3 Å². The van der Waals surface area contributed by atoms with Crippen molar-refractivity contribution in [1.82, 2.24) is 9.88 Å². The summed E-state index contributed by atoms with van der Waals surface area (Å²) in [4.78, 5) is 38.7. The number of hydrogen-bond donors (Lipinski definition) is 1. The Kier molecular flexibility index (Phi) is 4.08. The van der Waals surface area contributed by atoms with Gasteiger partial charge in [-0.25, -0.2) is 4.98 Å². The molecule has 1 saturated heterocycles. The molecule has 21 heavy (non-hydrogen) atoms. The lowest BCUT2D eigenvalue weighted by Crippen LogP contribution is -2.38. The topological polar surface area (TPSA) is 114 Å². The van der Waals surface area contributed by atoms with Gasteiger partial charge in [-0.3, -0.25) is 19.7 Å². The van der Waals surface area contributed by atoms with Gasteiger partial charge in [-0.15, -0.1) is 0 Å². The summed E-state index contributed by atoms with van der Waals surface area (Å²) in [6.45, 7) is 1.84. The van der Waals surface area contributed by atoms with Gasteiger partial charge >= 0.3 is 5.97 Å². The predicted octanol–water partition coefficient (Wildman–Crippen LogP) is 1.58. The van der Waals surface area contributed by atoms with Crippen LogP contribution in [0, 0.1) is 16.0 Å². The van der Waals surface area contributed by atoms with Crippen LogP contribution in [-0.4, -0.2) is 44.4 Å². The quantitative estimate of drug-likeness (QED) is 0.515. The molecule has 1 aliphatic rings. The summed E-state index contributed by atoms with van der Waals surface area (Å²) in [5.74, 6) is -2.27. The molecule has 0 aromatic carbocycles. The van der Waals surface area contributed by atoms with Crippen molar-refractivity contribution < 1.29 is 19.6 Å². The summed E-state index contributed by atoms with van der Waals surface area (Å²) in [7, 11) is 0. The lowest BCUT2D eigenvalue weighted by atomic mass is 10.0. The molecule has 1 amide bonds. The highest BCUT2D eigenvalue weighted by molar-refractivity contribution is 6.29. The van der Waals surface area contributed by atoms with Crippen LogP contribution in [0.1, 0.15) is 23.7 Å². The number of carboxylic acid groups (broad SMARTS) is 1. The van der Waals surface area contributed by atoms with E-state index in [0.29, 0.717) is 6.42 Å². The second-order valence-corrected chi connectivity index (χ2v) is 5.14. The Morgan fingerprint density at radius 1 is 1.57 bits per heavy atom. The standard InChI is InChI=1S/C12H12ClN3O5/c1-6-7(12(18)19)2-3-15(6)11(17)8-4-10(13)14-5-9(8)16(20)21/h4-7H,2-3H2,1H3,(H,18,19). The van der Waals surface area contributed by atoms with Crippen LogP contribution in [-0.2, 0) is 4.79 Å². The van der Waals surface area contributed by atoms with Crippen molar-refractivity contribution in [2.75, 3.05) is 6.54 Å². The number of aromatic nitrogens is 1. The second-order valence-electron chi connectivity index (χ2n) is 4.75. The van der Waals surface area contributed by atoms with Crippen molar-refractivity contribution in [2.24, 2.45) is 5.92 Å². The number of nitrogens with zero attached hydrogens (tertiary/aromatic N) is 3. The molecule has 1 aromatic heterocycles. The minimum Gasteiger partial charge on any atom is -0.481 e. The van der Waals surface area contributed by atoms with Crippen LogP contribution in [0.3, 0.4) is 0 Å². The van der Waals surface area contributed by atoms with Gasteiger partial charge in [-0.2, -0.15) is 0 Å². The van der Waals surface area contributed by atoms with Crippen molar-refractivity contribution in [1.29, 1.82) is 0 Å². The molecule has 2 rings (SSSR count). The first kappa shape index (κ1) is 15.2. The van der Waals surface area contributed by atoms with E-state index in [2.05, 4.69) is 4.98 Å². The SMILES string of the molecule is CC1C(C(=O)O)CCN1C(=O)c1cc(Cl)ncc1[N+](=O)[O-]. The molecule has 2 atom stereocenters. The number of carbonyl (C=O) groups is 2.